The number of barbiturate groups is 1. The van der Waals surface area contributed by atoms with E-state index in [1.165, 1.54) is 24.3 Å². The first kappa shape index (κ1) is 23.6. The van der Waals surface area contributed by atoms with E-state index < -0.39 is 40.0 Å². The minimum atomic E-state index is -1.77. The highest BCUT2D eigenvalue weighted by Crippen LogP contribution is 2.47. The van der Waals surface area contributed by atoms with Crippen LogP contribution >= 0.6 is 0 Å². The summed E-state index contributed by atoms with van der Waals surface area (Å²) in [6.45, 7) is 1.33. The molecule has 0 aromatic heterocycles. The molecule has 2 saturated heterocycles. The van der Waals surface area contributed by atoms with Gasteiger partial charge in [0.25, 0.3) is 11.6 Å². The molecule has 1 N–H and O–H groups in total. The Morgan fingerprint density at radius 1 is 0.947 bits per heavy atom. The van der Waals surface area contributed by atoms with Crippen LogP contribution in [0.2, 0.25) is 0 Å². The third-order valence-electron chi connectivity index (χ3n) is 7.62. The molecular weight excluding hydrogens is 493 g/mol. The summed E-state index contributed by atoms with van der Waals surface area (Å²) in [4.78, 5) is 56.9. The Morgan fingerprint density at radius 2 is 1.68 bits per heavy atom. The molecule has 0 aliphatic carbocycles. The molecule has 10 nitrogen and oxygen atoms in total. The summed E-state index contributed by atoms with van der Waals surface area (Å²) in [7, 11) is 0. The minimum absolute atomic E-state index is 0.118. The fourth-order valence-corrected chi connectivity index (χ4v) is 5.82. The second-order valence-electron chi connectivity index (χ2n) is 9.59. The van der Waals surface area contributed by atoms with Crippen LogP contribution in [-0.2, 0) is 16.0 Å². The number of nitro groups is 1. The summed E-state index contributed by atoms with van der Waals surface area (Å²) < 4.78 is 13.6. The molecule has 0 bridgehead atoms. The molecule has 11 heteroatoms. The van der Waals surface area contributed by atoms with Gasteiger partial charge in [0.05, 0.1) is 16.7 Å². The molecule has 1 spiro atoms. The topological polar surface area (TPSA) is 116 Å². The lowest BCUT2D eigenvalue weighted by Gasteiger charge is -2.55. The first-order valence-corrected chi connectivity index (χ1v) is 12.1. The lowest BCUT2D eigenvalue weighted by atomic mass is 9.67. The first-order chi connectivity index (χ1) is 18.3. The molecule has 3 aliphatic heterocycles. The molecule has 3 aromatic rings. The number of piperazine rings is 1. The highest BCUT2D eigenvalue weighted by Gasteiger charge is 2.63. The van der Waals surface area contributed by atoms with Crippen LogP contribution in [0, 0.1) is 21.3 Å². The number of nitrogens with zero attached hydrogens (tertiary/aromatic N) is 4. The lowest BCUT2D eigenvalue weighted by molar-refractivity contribution is -0.384. The maximum absolute atomic E-state index is 14.3. The number of amides is 4. The largest absolute Gasteiger partial charge is 0.368 e. The van der Waals surface area contributed by atoms with Crippen LogP contribution < -0.4 is 20.0 Å². The van der Waals surface area contributed by atoms with E-state index in [1.54, 1.807) is 6.07 Å². The molecule has 38 heavy (non-hydrogen) atoms. The van der Waals surface area contributed by atoms with E-state index in [-0.39, 0.29) is 17.8 Å². The molecule has 2 atom stereocenters. The normalized spacial score (nSPS) is 22.7. The average Bonchev–Trinajstić information content (AvgIpc) is 2.92. The van der Waals surface area contributed by atoms with Crippen molar-refractivity contribution in [1.29, 1.82) is 0 Å². The fraction of sp³-hybridized carbons (Fsp3) is 0.222. The number of non-ortho nitro benzene ring substituents is 1. The van der Waals surface area contributed by atoms with E-state index in [2.05, 4.69) is 10.2 Å². The third kappa shape index (κ3) is 3.50. The van der Waals surface area contributed by atoms with Gasteiger partial charge in [0, 0.05) is 49.6 Å². The van der Waals surface area contributed by atoms with Gasteiger partial charge in [0.1, 0.15) is 5.82 Å². The molecule has 3 aromatic carbocycles. The molecule has 0 saturated carbocycles. The number of nitro benzene ring substituents is 1. The summed E-state index contributed by atoms with van der Waals surface area (Å²) in [5, 5.41) is 13.9. The molecule has 3 aliphatic rings. The molecule has 2 fully saturated rings. The number of rotatable bonds is 3. The Bertz CT molecular complexity index is 1480. The Hall–Kier alpha value is -4.80. The average molecular weight is 516 g/mol. The molecule has 6 rings (SSSR count). The van der Waals surface area contributed by atoms with Gasteiger partial charge in [-0.25, -0.2) is 14.1 Å². The zero-order chi connectivity index (χ0) is 26.6. The SMILES string of the molecule is O=C1NC(=O)[C@@]2(Cc3cc([N+](=O)[O-])ccc3N3CCN(c4ccccc4)C[C@@H]32)C(=O)N1c1ccc(F)cc1. The Morgan fingerprint density at radius 3 is 2.39 bits per heavy atom. The van der Waals surface area contributed by atoms with Crippen molar-refractivity contribution in [3.05, 3.63) is 94.3 Å². The number of anilines is 3. The maximum atomic E-state index is 14.3. The smallest absolute Gasteiger partial charge is 0.335 e. The Kier molecular flexibility index (Phi) is 5.37. The van der Waals surface area contributed by atoms with Crippen molar-refractivity contribution in [1.82, 2.24) is 5.32 Å². The number of hydrogen-bond acceptors (Lipinski definition) is 7. The van der Waals surface area contributed by atoms with Crippen molar-refractivity contribution >= 4 is 40.6 Å². The molecule has 0 radical (unpaired) electrons. The second-order valence-corrected chi connectivity index (χ2v) is 9.59. The van der Waals surface area contributed by atoms with Crippen molar-refractivity contribution in [2.24, 2.45) is 5.41 Å². The van der Waals surface area contributed by atoms with E-state index in [4.69, 9.17) is 0 Å². The van der Waals surface area contributed by atoms with Gasteiger partial charge in [-0.05, 0) is 48.0 Å². The highest BCUT2D eigenvalue weighted by atomic mass is 19.1. The minimum Gasteiger partial charge on any atom is -0.368 e. The number of halogens is 1. The van der Waals surface area contributed by atoms with Gasteiger partial charge in [0.15, 0.2) is 5.41 Å². The van der Waals surface area contributed by atoms with Crippen molar-refractivity contribution in [2.45, 2.75) is 12.5 Å². The van der Waals surface area contributed by atoms with Crippen LogP contribution in [0.5, 0.6) is 0 Å². The maximum Gasteiger partial charge on any atom is 0.335 e. The first-order valence-electron chi connectivity index (χ1n) is 12.1. The summed E-state index contributed by atoms with van der Waals surface area (Å²) in [6.07, 6.45) is -0.135. The zero-order valence-corrected chi connectivity index (χ0v) is 20.0. The van der Waals surface area contributed by atoms with Crippen LogP contribution in [0.1, 0.15) is 5.56 Å². The van der Waals surface area contributed by atoms with Gasteiger partial charge in [-0.1, -0.05) is 18.2 Å². The number of hydrogen-bond donors (Lipinski definition) is 1. The fourth-order valence-electron chi connectivity index (χ4n) is 5.82. The Labute approximate surface area is 216 Å². The number of para-hydroxylation sites is 1. The number of fused-ring (bicyclic) bond motifs is 4. The van der Waals surface area contributed by atoms with Gasteiger partial charge >= 0.3 is 6.03 Å². The monoisotopic (exact) mass is 515 g/mol. The zero-order valence-electron chi connectivity index (χ0n) is 20.0. The van der Waals surface area contributed by atoms with Crippen LogP contribution in [0.3, 0.4) is 0 Å². The van der Waals surface area contributed by atoms with Gasteiger partial charge < -0.3 is 9.80 Å². The van der Waals surface area contributed by atoms with Gasteiger partial charge in [-0.3, -0.25) is 25.0 Å². The Balaban J connectivity index is 1.50. The predicted molar refractivity (Wildman–Crippen MR) is 136 cm³/mol. The molecule has 4 amide bonds. The van der Waals surface area contributed by atoms with E-state index in [0.717, 1.165) is 22.7 Å². The number of imide groups is 2. The number of urea groups is 1. The van der Waals surface area contributed by atoms with E-state index in [0.29, 0.717) is 30.9 Å². The van der Waals surface area contributed by atoms with E-state index >= 15 is 0 Å². The number of benzene rings is 3. The molecule has 3 heterocycles. The van der Waals surface area contributed by atoms with Crippen LogP contribution in [0.15, 0.2) is 72.8 Å². The standard InChI is InChI=1S/C27H22FN5O5/c28-18-6-8-20(9-7-18)32-25(35)27(24(34)29-26(32)36)15-17-14-21(33(37)38)10-11-22(17)31-13-12-30(16-23(27)31)19-4-2-1-3-5-19/h1-11,14,23H,12-13,15-16H2,(H,29,34,36)/t23-,27+/m1/s1. The summed E-state index contributed by atoms with van der Waals surface area (Å²) in [5.41, 5.74) is 0.304. The predicted octanol–water partition coefficient (Wildman–Crippen LogP) is 3.25. The van der Waals surface area contributed by atoms with Crippen LogP contribution in [0.25, 0.3) is 0 Å². The van der Waals surface area contributed by atoms with Gasteiger partial charge in [-0.15, -0.1) is 0 Å². The van der Waals surface area contributed by atoms with Crippen LogP contribution in [0.4, 0.5) is 31.9 Å². The van der Waals surface area contributed by atoms with Gasteiger partial charge in [-0.2, -0.15) is 0 Å². The summed E-state index contributed by atoms with van der Waals surface area (Å²) >= 11 is 0. The van der Waals surface area contributed by atoms with Crippen molar-refractivity contribution in [3.8, 4) is 0 Å². The third-order valence-corrected chi connectivity index (χ3v) is 7.62. The molecule has 192 valence electrons. The van der Waals surface area contributed by atoms with Crippen molar-refractivity contribution < 1.29 is 23.7 Å². The summed E-state index contributed by atoms with van der Waals surface area (Å²) in [6, 6.07) is 17.3. The molecule has 0 unspecified atom stereocenters. The van der Waals surface area contributed by atoms with Crippen molar-refractivity contribution in [3.63, 3.8) is 0 Å². The number of carbonyl (C=O) groups is 3. The van der Waals surface area contributed by atoms with Crippen LogP contribution in [-0.4, -0.2) is 48.4 Å². The number of carbonyl (C=O) groups excluding carboxylic acids is 3. The second kappa shape index (κ2) is 8.65. The van der Waals surface area contributed by atoms with Crippen molar-refractivity contribution in [2.75, 3.05) is 34.3 Å². The number of nitrogens with one attached hydrogen (secondary N) is 1. The quantitative estimate of drug-likeness (QED) is 0.323. The van der Waals surface area contributed by atoms with Gasteiger partial charge in [0.2, 0.25) is 5.91 Å². The lowest BCUT2D eigenvalue weighted by Crippen LogP contribution is -2.75. The molecular formula is C27H22FN5O5. The summed E-state index contributed by atoms with van der Waals surface area (Å²) in [5.74, 6) is -2.05. The highest BCUT2D eigenvalue weighted by molar-refractivity contribution is 6.30. The van der Waals surface area contributed by atoms with E-state index in [1.807, 2.05) is 35.2 Å². The van der Waals surface area contributed by atoms with E-state index in [9.17, 15) is 28.9 Å².